The topological polar surface area (TPSA) is 38.4 Å². The minimum atomic E-state index is 0.407. The van der Waals surface area contributed by atoms with Crippen LogP contribution in [-0.4, -0.2) is 12.4 Å². The fourth-order valence-electron chi connectivity index (χ4n) is 1.06. The van der Waals surface area contributed by atoms with Gasteiger partial charge in [-0.15, -0.1) is 0 Å². The van der Waals surface area contributed by atoms with E-state index in [4.69, 9.17) is 5.73 Å². The van der Waals surface area contributed by atoms with Gasteiger partial charge < -0.3 is 5.73 Å². The van der Waals surface area contributed by atoms with E-state index in [2.05, 4.69) is 25.8 Å². The molecule has 1 aliphatic rings. The van der Waals surface area contributed by atoms with Crippen LogP contribution in [0, 0.1) is 17.8 Å². The van der Waals surface area contributed by atoms with E-state index in [-0.39, 0.29) is 0 Å². The van der Waals surface area contributed by atoms with Gasteiger partial charge in [-0.05, 0) is 18.3 Å². The molecule has 11 heavy (non-hydrogen) atoms. The summed E-state index contributed by atoms with van der Waals surface area (Å²) >= 11 is 0. The summed E-state index contributed by atoms with van der Waals surface area (Å²) in [6.45, 7) is 7.38. The van der Waals surface area contributed by atoms with Gasteiger partial charge in [0.05, 0.1) is 5.84 Å². The van der Waals surface area contributed by atoms with E-state index in [1.807, 2.05) is 0 Å². The molecule has 2 N–H and O–H groups in total. The first-order chi connectivity index (χ1) is 5.11. The maximum Gasteiger partial charge on any atom is 0.0962 e. The highest BCUT2D eigenvalue weighted by Crippen LogP contribution is 2.37. The van der Waals surface area contributed by atoms with E-state index >= 15 is 0 Å². The number of nitrogens with two attached hydrogens (primary N) is 1. The van der Waals surface area contributed by atoms with E-state index in [0.29, 0.717) is 5.92 Å². The van der Waals surface area contributed by atoms with Crippen molar-refractivity contribution in [3.8, 4) is 0 Å². The third-order valence-corrected chi connectivity index (χ3v) is 2.38. The predicted molar refractivity (Wildman–Crippen MR) is 48.6 cm³/mol. The van der Waals surface area contributed by atoms with Crippen LogP contribution in [0.4, 0.5) is 0 Å². The second-order valence-corrected chi connectivity index (χ2v) is 3.89. The summed E-state index contributed by atoms with van der Waals surface area (Å²) in [4.78, 5) is 4.33. The van der Waals surface area contributed by atoms with Crippen LogP contribution in [0.25, 0.3) is 0 Å². The molecule has 1 saturated carbocycles. The number of amidine groups is 1. The Bertz CT molecular complexity index is 161. The van der Waals surface area contributed by atoms with Crippen molar-refractivity contribution in [2.75, 3.05) is 6.54 Å². The van der Waals surface area contributed by atoms with Crippen molar-refractivity contribution < 1.29 is 0 Å². The number of nitrogens with zero attached hydrogens (tertiary/aromatic N) is 1. The van der Waals surface area contributed by atoms with Crippen LogP contribution in [0.2, 0.25) is 0 Å². The van der Waals surface area contributed by atoms with E-state index in [9.17, 15) is 0 Å². The molecule has 0 amide bonds. The van der Waals surface area contributed by atoms with Crippen molar-refractivity contribution in [3.63, 3.8) is 0 Å². The van der Waals surface area contributed by atoms with Gasteiger partial charge in [0, 0.05) is 12.5 Å². The SMILES string of the molecule is CC(C)C(N)=NCC1CC1C. The van der Waals surface area contributed by atoms with Crippen LogP contribution in [0.15, 0.2) is 4.99 Å². The minimum absolute atomic E-state index is 0.407. The summed E-state index contributed by atoms with van der Waals surface area (Å²) in [5.41, 5.74) is 5.69. The molecule has 0 spiro atoms. The number of hydrogen-bond acceptors (Lipinski definition) is 1. The Labute approximate surface area is 68.9 Å². The van der Waals surface area contributed by atoms with E-state index in [0.717, 1.165) is 24.2 Å². The van der Waals surface area contributed by atoms with Gasteiger partial charge in [-0.2, -0.15) is 0 Å². The number of rotatable bonds is 3. The van der Waals surface area contributed by atoms with Gasteiger partial charge in [-0.1, -0.05) is 20.8 Å². The minimum Gasteiger partial charge on any atom is -0.387 e. The fourth-order valence-corrected chi connectivity index (χ4v) is 1.06. The fraction of sp³-hybridized carbons (Fsp3) is 0.889. The van der Waals surface area contributed by atoms with Crippen molar-refractivity contribution in [1.29, 1.82) is 0 Å². The normalized spacial score (nSPS) is 31.1. The van der Waals surface area contributed by atoms with Crippen molar-refractivity contribution >= 4 is 5.84 Å². The zero-order valence-electron chi connectivity index (χ0n) is 7.67. The standard InChI is InChI=1S/C9H18N2/c1-6(2)9(10)11-5-8-4-7(8)3/h6-8H,4-5H2,1-3H3,(H2,10,11). The Morgan fingerprint density at radius 3 is 2.55 bits per heavy atom. The molecule has 2 nitrogen and oxygen atoms in total. The van der Waals surface area contributed by atoms with E-state index in [1.165, 1.54) is 6.42 Å². The van der Waals surface area contributed by atoms with E-state index < -0.39 is 0 Å². The molecular formula is C9H18N2. The number of hydrogen-bond donors (Lipinski definition) is 1. The van der Waals surface area contributed by atoms with Crippen LogP contribution in [-0.2, 0) is 0 Å². The highest BCUT2D eigenvalue weighted by molar-refractivity contribution is 5.82. The van der Waals surface area contributed by atoms with Crippen molar-refractivity contribution in [2.45, 2.75) is 27.2 Å². The molecule has 2 unspecified atom stereocenters. The van der Waals surface area contributed by atoms with Gasteiger partial charge in [0.25, 0.3) is 0 Å². The summed E-state index contributed by atoms with van der Waals surface area (Å²) in [6, 6.07) is 0. The molecule has 0 aliphatic heterocycles. The largest absolute Gasteiger partial charge is 0.387 e. The van der Waals surface area contributed by atoms with Gasteiger partial charge >= 0.3 is 0 Å². The Morgan fingerprint density at radius 1 is 1.64 bits per heavy atom. The molecule has 64 valence electrons. The molecule has 0 aromatic heterocycles. The van der Waals surface area contributed by atoms with Gasteiger partial charge in [-0.3, -0.25) is 4.99 Å². The van der Waals surface area contributed by atoms with Crippen LogP contribution in [0.1, 0.15) is 27.2 Å². The smallest absolute Gasteiger partial charge is 0.0962 e. The monoisotopic (exact) mass is 154 g/mol. The Hall–Kier alpha value is -0.530. The maximum absolute atomic E-state index is 5.69. The van der Waals surface area contributed by atoms with E-state index in [1.54, 1.807) is 0 Å². The average molecular weight is 154 g/mol. The van der Waals surface area contributed by atoms with Crippen LogP contribution < -0.4 is 5.73 Å². The summed E-state index contributed by atoms with van der Waals surface area (Å²) in [6.07, 6.45) is 1.34. The van der Waals surface area contributed by atoms with Gasteiger partial charge in [0.1, 0.15) is 0 Å². The lowest BCUT2D eigenvalue weighted by molar-refractivity contribution is 0.749. The van der Waals surface area contributed by atoms with Gasteiger partial charge in [-0.25, -0.2) is 0 Å². The third-order valence-electron chi connectivity index (χ3n) is 2.38. The molecule has 1 fully saturated rings. The second-order valence-electron chi connectivity index (χ2n) is 3.89. The molecule has 1 aliphatic carbocycles. The van der Waals surface area contributed by atoms with Crippen molar-refractivity contribution in [3.05, 3.63) is 0 Å². The van der Waals surface area contributed by atoms with Gasteiger partial charge in [0.15, 0.2) is 0 Å². The molecular weight excluding hydrogens is 136 g/mol. The number of aliphatic imine (C=N–C) groups is 1. The zero-order chi connectivity index (χ0) is 8.43. The average Bonchev–Trinajstić information content (AvgIpc) is 2.61. The summed E-state index contributed by atoms with van der Waals surface area (Å²) in [5.74, 6) is 2.93. The Morgan fingerprint density at radius 2 is 2.18 bits per heavy atom. The summed E-state index contributed by atoms with van der Waals surface area (Å²) in [7, 11) is 0. The summed E-state index contributed by atoms with van der Waals surface area (Å²) < 4.78 is 0. The first-order valence-corrected chi connectivity index (χ1v) is 4.41. The van der Waals surface area contributed by atoms with Crippen LogP contribution in [0.5, 0.6) is 0 Å². The third kappa shape index (κ3) is 2.52. The zero-order valence-corrected chi connectivity index (χ0v) is 7.67. The molecule has 2 heteroatoms. The molecule has 0 bridgehead atoms. The molecule has 0 aromatic rings. The lowest BCUT2D eigenvalue weighted by Gasteiger charge is -2.02. The highest BCUT2D eigenvalue weighted by Gasteiger charge is 2.31. The Balaban J connectivity index is 2.23. The second kappa shape index (κ2) is 3.24. The predicted octanol–water partition coefficient (Wildman–Crippen LogP) is 1.66. The van der Waals surface area contributed by atoms with Crippen molar-refractivity contribution in [1.82, 2.24) is 0 Å². The first-order valence-electron chi connectivity index (χ1n) is 4.41. The quantitative estimate of drug-likeness (QED) is 0.487. The highest BCUT2D eigenvalue weighted by atomic mass is 14.9. The van der Waals surface area contributed by atoms with Crippen molar-refractivity contribution in [2.24, 2.45) is 28.5 Å². The molecule has 0 heterocycles. The lowest BCUT2D eigenvalue weighted by Crippen LogP contribution is -2.19. The lowest BCUT2D eigenvalue weighted by atomic mass is 10.2. The molecule has 0 saturated heterocycles. The first kappa shape index (κ1) is 8.57. The molecule has 0 radical (unpaired) electrons. The molecule has 1 rings (SSSR count). The van der Waals surface area contributed by atoms with Gasteiger partial charge in [0.2, 0.25) is 0 Å². The summed E-state index contributed by atoms with van der Waals surface area (Å²) in [5, 5.41) is 0. The molecule has 0 aromatic carbocycles. The van der Waals surface area contributed by atoms with Crippen LogP contribution >= 0.6 is 0 Å². The maximum atomic E-state index is 5.69. The Kier molecular flexibility index (Phi) is 2.53. The molecule has 2 atom stereocenters. The van der Waals surface area contributed by atoms with Crippen LogP contribution in [0.3, 0.4) is 0 Å².